The van der Waals surface area contributed by atoms with Crippen LogP contribution in [0.4, 0.5) is 0 Å². The Morgan fingerprint density at radius 1 is 1.32 bits per heavy atom. The summed E-state index contributed by atoms with van der Waals surface area (Å²) < 4.78 is 2.13. The molecule has 2 aromatic rings. The molecule has 4 heteroatoms. The van der Waals surface area contributed by atoms with Crippen LogP contribution in [0, 0.1) is 5.92 Å². The molecule has 1 atom stereocenters. The average molecular weight is 261 g/mol. The van der Waals surface area contributed by atoms with Gasteiger partial charge in [-0.25, -0.2) is 4.98 Å². The third-order valence-electron chi connectivity index (χ3n) is 3.58. The molecule has 0 amide bonds. The molecule has 0 bridgehead atoms. The zero-order chi connectivity index (χ0) is 13.7. The summed E-state index contributed by atoms with van der Waals surface area (Å²) in [6, 6.07) is 8.10. The molecule has 1 aromatic carbocycles. The Labute approximate surface area is 114 Å². The van der Waals surface area contributed by atoms with E-state index in [9.17, 15) is 5.11 Å². The van der Waals surface area contributed by atoms with Crippen LogP contribution in [0.25, 0.3) is 11.0 Å². The van der Waals surface area contributed by atoms with Crippen molar-refractivity contribution in [3.63, 3.8) is 0 Å². The van der Waals surface area contributed by atoms with Crippen molar-refractivity contribution >= 4 is 11.0 Å². The van der Waals surface area contributed by atoms with Crippen LogP contribution in [0.3, 0.4) is 0 Å². The Morgan fingerprint density at radius 2 is 2.11 bits per heavy atom. The van der Waals surface area contributed by atoms with Crippen molar-refractivity contribution < 1.29 is 5.11 Å². The van der Waals surface area contributed by atoms with E-state index in [0.717, 1.165) is 42.7 Å². The second-order valence-electron chi connectivity index (χ2n) is 5.11. The molecule has 0 aliphatic heterocycles. The highest BCUT2D eigenvalue weighted by Gasteiger charge is 2.11. The van der Waals surface area contributed by atoms with Gasteiger partial charge in [0.25, 0.3) is 0 Å². The minimum Gasteiger partial charge on any atom is -0.395 e. The fourth-order valence-electron chi connectivity index (χ4n) is 2.47. The van der Waals surface area contributed by atoms with Gasteiger partial charge in [0.2, 0.25) is 0 Å². The lowest BCUT2D eigenvalue weighted by atomic mass is 10.0. The highest BCUT2D eigenvalue weighted by Crippen LogP contribution is 2.19. The Bertz CT molecular complexity index is 521. The number of hydrogen-bond donors (Lipinski definition) is 2. The van der Waals surface area contributed by atoms with Crippen molar-refractivity contribution in [2.24, 2.45) is 11.7 Å². The molecule has 2 rings (SSSR count). The van der Waals surface area contributed by atoms with Crippen molar-refractivity contribution in [2.45, 2.75) is 32.7 Å². The third-order valence-corrected chi connectivity index (χ3v) is 3.58. The van der Waals surface area contributed by atoms with Crippen molar-refractivity contribution in [3.8, 4) is 0 Å². The van der Waals surface area contributed by atoms with E-state index >= 15 is 0 Å². The molecule has 104 valence electrons. The summed E-state index contributed by atoms with van der Waals surface area (Å²) in [4.78, 5) is 4.68. The van der Waals surface area contributed by atoms with Crippen molar-refractivity contribution in [2.75, 3.05) is 13.2 Å². The van der Waals surface area contributed by atoms with Crippen LogP contribution >= 0.6 is 0 Å². The lowest BCUT2D eigenvalue weighted by Crippen LogP contribution is -2.10. The number of rotatable bonds is 7. The van der Waals surface area contributed by atoms with Crippen LogP contribution in [-0.4, -0.2) is 27.8 Å². The molecular formula is C15H23N3O. The number of fused-ring (bicyclic) bond motifs is 1. The van der Waals surface area contributed by atoms with E-state index in [1.807, 2.05) is 18.2 Å². The number of nitrogens with zero attached hydrogens (tertiary/aromatic N) is 2. The van der Waals surface area contributed by atoms with Gasteiger partial charge in [0.1, 0.15) is 5.82 Å². The number of aryl methyl sites for hydroxylation is 1. The van der Waals surface area contributed by atoms with E-state index in [1.165, 1.54) is 0 Å². The number of aliphatic hydroxyl groups is 1. The van der Waals surface area contributed by atoms with Gasteiger partial charge in [-0.05, 0) is 37.4 Å². The van der Waals surface area contributed by atoms with Crippen LogP contribution in [0.15, 0.2) is 24.3 Å². The molecule has 3 N–H and O–H groups in total. The first-order valence-electron chi connectivity index (χ1n) is 7.01. The lowest BCUT2D eigenvalue weighted by molar-refractivity contribution is 0.275. The number of para-hydroxylation sites is 2. The highest BCUT2D eigenvalue weighted by molar-refractivity contribution is 5.75. The van der Waals surface area contributed by atoms with Crippen LogP contribution in [0.1, 0.15) is 25.6 Å². The molecule has 1 heterocycles. The van der Waals surface area contributed by atoms with Gasteiger partial charge < -0.3 is 15.4 Å². The second kappa shape index (κ2) is 6.68. The van der Waals surface area contributed by atoms with Crippen molar-refractivity contribution in [3.05, 3.63) is 30.1 Å². The largest absolute Gasteiger partial charge is 0.395 e. The van der Waals surface area contributed by atoms with Gasteiger partial charge in [-0.2, -0.15) is 0 Å². The van der Waals surface area contributed by atoms with Crippen LogP contribution < -0.4 is 5.73 Å². The molecule has 0 saturated carbocycles. The van der Waals surface area contributed by atoms with Gasteiger partial charge in [0.05, 0.1) is 17.6 Å². The Kier molecular flexibility index (Phi) is 4.93. The molecular weight excluding hydrogens is 238 g/mol. The molecule has 19 heavy (non-hydrogen) atoms. The monoisotopic (exact) mass is 261 g/mol. The summed E-state index contributed by atoms with van der Waals surface area (Å²) in [5.41, 5.74) is 7.70. The molecule has 0 aliphatic rings. The summed E-state index contributed by atoms with van der Waals surface area (Å²) in [5.74, 6) is 1.69. The maximum atomic E-state index is 9.22. The molecule has 1 aromatic heterocycles. The van der Waals surface area contributed by atoms with Crippen LogP contribution in [0.5, 0.6) is 0 Å². The topological polar surface area (TPSA) is 64.1 Å². The number of aliphatic hydroxyl groups excluding tert-OH is 1. The van der Waals surface area contributed by atoms with Gasteiger partial charge in [-0.3, -0.25) is 0 Å². The van der Waals surface area contributed by atoms with E-state index in [4.69, 9.17) is 5.73 Å². The summed E-state index contributed by atoms with van der Waals surface area (Å²) in [7, 11) is 0. The van der Waals surface area contributed by atoms with Gasteiger partial charge in [0.15, 0.2) is 0 Å². The SMILES string of the molecule is CC(CCN)CCc1nc2ccccc2n1CCO. The zero-order valence-corrected chi connectivity index (χ0v) is 11.5. The number of imidazole rings is 1. The third kappa shape index (κ3) is 3.33. The fourth-order valence-corrected chi connectivity index (χ4v) is 2.47. The molecule has 0 aliphatic carbocycles. The predicted octanol–water partition coefficient (Wildman–Crippen LogP) is 1.95. The minimum atomic E-state index is 0.145. The number of hydrogen-bond acceptors (Lipinski definition) is 3. The van der Waals surface area contributed by atoms with Gasteiger partial charge in [-0.1, -0.05) is 19.1 Å². The van der Waals surface area contributed by atoms with Crippen molar-refractivity contribution in [1.82, 2.24) is 9.55 Å². The van der Waals surface area contributed by atoms with Crippen molar-refractivity contribution in [1.29, 1.82) is 0 Å². The summed E-state index contributed by atoms with van der Waals surface area (Å²) >= 11 is 0. The predicted molar refractivity (Wildman–Crippen MR) is 78.0 cm³/mol. The summed E-state index contributed by atoms with van der Waals surface area (Å²) in [6.45, 7) is 3.73. The normalized spacial score (nSPS) is 13.0. The molecule has 0 fully saturated rings. The zero-order valence-electron chi connectivity index (χ0n) is 11.5. The van der Waals surface area contributed by atoms with Gasteiger partial charge in [0, 0.05) is 13.0 Å². The second-order valence-corrected chi connectivity index (χ2v) is 5.11. The first-order valence-corrected chi connectivity index (χ1v) is 7.01. The Hall–Kier alpha value is -1.39. The van der Waals surface area contributed by atoms with E-state index in [2.05, 4.69) is 22.5 Å². The maximum Gasteiger partial charge on any atom is 0.109 e. The van der Waals surface area contributed by atoms with Gasteiger partial charge >= 0.3 is 0 Å². The standard InChI is InChI=1S/C15H23N3O/c1-12(8-9-16)6-7-15-17-13-4-2-3-5-14(13)18(15)10-11-19/h2-5,12,19H,6-11,16H2,1H3. The molecule has 0 saturated heterocycles. The van der Waals surface area contributed by atoms with E-state index in [1.54, 1.807) is 0 Å². The molecule has 0 radical (unpaired) electrons. The maximum absolute atomic E-state index is 9.22. The fraction of sp³-hybridized carbons (Fsp3) is 0.533. The summed E-state index contributed by atoms with van der Waals surface area (Å²) in [6.07, 6.45) is 3.09. The Balaban J connectivity index is 2.19. The minimum absolute atomic E-state index is 0.145. The lowest BCUT2D eigenvalue weighted by Gasteiger charge is -2.11. The van der Waals surface area contributed by atoms with Crippen LogP contribution in [0.2, 0.25) is 0 Å². The van der Waals surface area contributed by atoms with Gasteiger partial charge in [-0.15, -0.1) is 0 Å². The molecule has 0 spiro atoms. The summed E-state index contributed by atoms with van der Waals surface area (Å²) in [5, 5.41) is 9.22. The number of benzene rings is 1. The van der Waals surface area contributed by atoms with E-state index < -0.39 is 0 Å². The quantitative estimate of drug-likeness (QED) is 0.800. The smallest absolute Gasteiger partial charge is 0.109 e. The average Bonchev–Trinajstić information content (AvgIpc) is 2.76. The van der Waals surface area contributed by atoms with E-state index in [0.29, 0.717) is 12.5 Å². The van der Waals surface area contributed by atoms with Crippen LogP contribution in [-0.2, 0) is 13.0 Å². The van der Waals surface area contributed by atoms with E-state index in [-0.39, 0.29) is 6.61 Å². The Morgan fingerprint density at radius 3 is 2.84 bits per heavy atom. The number of nitrogens with two attached hydrogens (primary N) is 1. The first-order chi connectivity index (χ1) is 9.26. The molecule has 4 nitrogen and oxygen atoms in total. The number of aromatic nitrogens is 2. The first kappa shape index (κ1) is 14.0. The molecule has 1 unspecified atom stereocenters. The highest BCUT2D eigenvalue weighted by atomic mass is 16.3.